The Labute approximate surface area is 188 Å². The first-order valence-electron chi connectivity index (χ1n) is 9.63. The van der Waals surface area contributed by atoms with Crippen LogP contribution in [0.25, 0.3) is 11.4 Å². The molecule has 0 aliphatic rings. The number of hydrogen-bond donors (Lipinski definition) is 1. The Bertz CT molecular complexity index is 1160. The molecule has 0 bridgehead atoms. The first kappa shape index (κ1) is 21.2. The molecule has 8 nitrogen and oxygen atoms in total. The van der Waals surface area contributed by atoms with Crippen molar-refractivity contribution in [1.82, 2.24) is 25.0 Å². The van der Waals surface area contributed by atoms with Gasteiger partial charge in [-0.2, -0.15) is 4.98 Å². The zero-order valence-electron chi connectivity index (χ0n) is 17.0. The van der Waals surface area contributed by atoms with Gasteiger partial charge in [0.25, 0.3) is 0 Å². The summed E-state index contributed by atoms with van der Waals surface area (Å²) in [7, 11) is 0. The second-order valence-electron chi connectivity index (χ2n) is 7.09. The van der Waals surface area contributed by atoms with Gasteiger partial charge in [-0.05, 0) is 35.7 Å². The lowest BCUT2D eigenvalue weighted by atomic mass is 10.0. The molecule has 4 rings (SSSR count). The molecule has 0 saturated heterocycles. The van der Waals surface area contributed by atoms with E-state index in [4.69, 9.17) is 26.7 Å². The van der Waals surface area contributed by atoms with E-state index >= 15 is 0 Å². The van der Waals surface area contributed by atoms with Crippen LogP contribution in [0.4, 0.5) is 0 Å². The molecule has 31 heavy (non-hydrogen) atoms. The molecule has 2 aromatic heterocycles. The third kappa shape index (κ3) is 5.18. The van der Waals surface area contributed by atoms with E-state index in [0.717, 1.165) is 11.3 Å². The van der Waals surface area contributed by atoms with Gasteiger partial charge in [-0.3, -0.25) is 0 Å². The van der Waals surface area contributed by atoms with E-state index in [1.807, 2.05) is 24.3 Å². The number of aromatic nitrogens is 5. The molecule has 10 heteroatoms. The summed E-state index contributed by atoms with van der Waals surface area (Å²) in [6, 6.07) is 15.3. The van der Waals surface area contributed by atoms with Crippen molar-refractivity contribution in [2.75, 3.05) is 5.84 Å². The van der Waals surface area contributed by atoms with E-state index in [9.17, 15) is 0 Å². The first-order chi connectivity index (χ1) is 15.0. The maximum Gasteiger partial charge on any atom is 0.237 e. The number of thioether (sulfide) groups is 1. The quantitative estimate of drug-likeness (QED) is 0.300. The highest BCUT2D eigenvalue weighted by atomic mass is 35.5. The minimum atomic E-state index is 0.213. The summed E-state index contributed by atoms with van der Waals surface area (Å²) in [5.74, 6) is 9.19. The fourth-order valence-electron chi connectivity index (χ4n) is 2.79. The predicted molar refractivity (Wildman–Crippen MR) is 119 cm³/mol. The monoisotopic (exact) mass is 456 g/mol. The molecule has 160 valence electrons. The smallest absolute Gasteiger partial charge is 0.237 e. The molecule has 0 atom stereocenters. The first-order valence-corrected chi connectivity index (χ1v) is 11.0. The Kier molecular flexibility index (Phi) is 6.43. The van der Waals surface area contributed by atoms with Crippen molar-refractivity contribution in [2.24, 2.45) is 0 Å². The van der Waals surface area contributed by atoms with Crippen molar-refractivity contribution in [1.29, 1.82) is 0 Å². The molecular weight excluding hydrogens is 436 g/mol. The topological polar surface area (TPSA) is 105 Å². The summed E-state index contributed by atoms with van der Waals surface area (Å²) in [6.45, 7) is 4.52. The van der Waals surface area contributed by atoms with E-state index in [0.29, 0.717) is 39.4 Å². The van der Waals surface area contributed by atoms with Crippen LogP contribution in [0.3, 0.4) is 0 Å². The molecule has 0 fully saturated rings. The number of hydrogen-bond acceptors (Lipinski definition) is 8. The Balaban J connectivity index is 1.34. The van der Waals surface area contributed by atoms with Crippen molar-refractivity contribution in [2.45, 2.75) is 37.3 Å². The van der Waals surface area contributed by atoms with Crippen LogP contribution in [-0.2, 0) is 12.4 Å². The zero-order chi connectivity index (χ0) is 21.8. The fraction of sp³-hybridized carbons (Fsp3) is 0.238. The lowest BCUT2D eigenvalue weighted by Gasteiger charge is -2.08. The average Bonchev–Trinajstić information content (AvgIpc) is 3.38. The van der Waals surface area contributed by atoms with Gasteiger partial charge in [-0.25, -0.2) is 4.68 Å². The molecule has 2 aromatic carbocycles. The van der Waals surface area contributed by atoms with Crippen molar-refractivity contribution >= 4 is 23.4 Å². The molecular formula is C21H21ClN6O2S. The van der Waals surface area contributed by atoms with E-state index in [1.165, 1.54) is 22.0 Å². The number of rotatable bonds is 8. The fourth-order valence-corrected chi connectivity index (χ4v) is 3.69. The van der Waals surface area contributed by atoms with Gasteiger partial charge in [0, 0.05) is 10.6 Å². The summed E-state index contributed by atoms with van der Waals surface area (Å²) in [5, 5.41) is 13.4. The molecule has 0 unspecified atom stereocenters. The Morgan fingerprint density at radius 3 is 2.71 bits per heavy atom. The van der Waals surface area contributed by atoms with Crippen LogP contribution in [-0.4, -0.2) is 25.0 Å². The summed E-state index contributed by atoms with van der Waals surface area (Å²) in [4.78, 5) is 4.39. The van der Waals surface area contributed by atoms with Crippen LogP contribution < -0.4 is 10.6 Å². The van der Waals surface area contributed by atoms with Crippen molar-refractivity contribution in [3.8, 4) is 17.1 Å². The summed E-state index contributed by atoms with van der Waals surface area (Å²) in [5.41, 5.74) is 2.04. The van der Waals surface area contributed by atoms with Crippen molar-refractivity contribution in [3.05, 3.63) is 70.8 Å². The Morgan fingerprint density at radius 2 is 1.97 bits per heavy atom. The molecule has 2 N–H and O–H groups in total. The van der Waals surface area contributed by atoms with Crippen LogP contribution in [0.15, 0.2) is 58.2 Å². The van der Waals surface area contributed by atoms with E-state index in [-0.39, 0.29) is 6.61 Å². The Hall–Kier alpha value is -3.04. The molecule has 0 aliphatic carbocycles. The van der Waals surface area contributed by atoms with Crippen molar-refractivity contribution in [3.63, 3.8) is 0 Å². The predicted octanol–water partition coefficient (Wildman–Crippen LogP) is 4.69. The highest BCUT2D eigenvalue weighted by molar-refractivity contribution is 7.98. The highest BCUT2D eigenvalue weighted by Gasteiger charge is 2.14. The molecule has 0 amide bonds. The molecule has 0 radical (unpaired) electrons. The second kappa shape index (κ2) is 9.40. The van der Waals surface area contributed by atoms with Gasteiger partial charge in [0.15, 0.2) is 5.82 Å². The molecule has 4 aromatic rings. The molecule has 0 aliphatic heterocycles. The van der Waals surface area contributed by atoms with Gasteiger partial charge in [-0.15, -0.1) is 10.2 Å². The lowest BCUT2D eigenvalue weighted by Crippen LogP contribution is -2.15. The molecule has 2 heterocycles. The average molecular weight is 457 g/mol. The van der Waals surface area contributed by atoms with Gasteiger partial charge in [-0.1, -0.05) is 66.6 Å². The Morgan fingerprint density at radius 1 is 1.16 bits per heavy atom. The minimum Gasteiger partial charge on any atom is -0.486 e. The third-order valence-corrected chi connectivity index (χ3v) is 5.69. The maximum absolute atomic E-state index is 6.12. The summed E-state index contributed by atoms with van der Waals surface area (Å²) in [6.07, 6.45) is 0. The lowest BCUT2D eigenvalue weighted by molar-refractivity contribution is 0.291. The number of nitrogen functional groups attached to an aromatic ring is 1. The standard InChI is InChI=1S/C21H21ClN6O2S/c1-13(2)14-6-8-17(9-7-14)29-11-18-25-26-21(28(18)23)31-12-19-24-20(27-30-19)15-4-3-5-16(22)10-15/h3-10,13H,11-12,23H2,1-2H3. The maximum atomic E-state index is 6.12. The highest BCUT2D eigenvalue weighted by Crippen LogP contribution is 2.24. The van der Waals surface area contributed by atoms with Gasteiger partial charge < -0.3 is 15.1 Å². The van der Waals surface area contributed by atoms with E-state index < -0.39 is 0 Å². The number of benzene rings is 2. The van der Waals surface area contributed by atoms with E-state index in [2.05, 4.69) is 46.3 Å². The largest absolute Gasteiger partial charge is 0.486 e. The summed E-state index contributed by atoms with van der Waals surface area (Å²) < 4.78 is 12.5. The van der Waals surface area contributed by atoms with Gasteiger partial charge in [0.05, 0.1) is 5.75 Å². The van der Waals surface area contributed by atoms with Crippen LogP contribution >= 0.6 is 23.4 Å². The summed E-state index contributed by atoms with van der Waals surface area (Å²) >= 11 is 7.36. The third-order valence-electron chi connectivity index (χ3n) is 4.53. The number of ether oxygens (including phenoxy) is 1. The molecule has 0 saturated carbocycles. The zero-order valence-corrected chi connectivity index (χ0v) is 18.6. The SMILES string of the molecule is CC(C)c1ccc(OCc2nnc(SCc3nc(-c4cccc(Cl)c4)no3)n2N)cc1. The van der Waals surface area contributed by atoms with Gasteiger partial charge in [0.2, 0.25) is 16.9 Å². The second-order valence-corrected chi connectivity index (χ2v) is 8.47. The van der Waals surface area contributed by atoms with E-state index in [1.54, 1.807) is 12.1 Å². The molecule has 0 spiro atoms. The minimum absolute atomic E-state index is 0.213. The normalized spacial score (nSPS) is 11.2. The van der Waals surface area contributed by atoms with Gasteiger partial charge in [0.1, 0.15) is 12.4 Å². The van der Waals surface area contributed by atoms with Crippen LogP contribution in [0.1, 0.15) is 37.0 Å². The van der Waals surface area contributed by atoms with Gasteiger partial charge >= 0.3 is 0 Å². The van der Waals surface area contributed by atoms with Crippen LogP contribution in [0.2, 0.25) is 5.02 Å². The number of nitrogens with zero attached hydrogens (tertiary/aromatic N) is 5. The van der Waals surface area contributed by atoms with Crippen LogP contribution in [0.5, 0.6) is 5.75 Å². The van der Waals surface area contributed by atoms with Crippen molar-refractivity contribution < 1.29 is 9.26 Å². The van der Waals surface area contributed by atoms with Crippen LogP contribution in [0, 0.1) is 0 Å². The number of nitrogens with two attached hydrogens (primary N) is 1. The number of halogens is 1.